The maximum absolute atomic E-state index is 13.0. The number of hydrogen-bond acceptors (Lipinski definition) is 6. The van der Waals surface area contributed by atoms with E-state index in [0.717, 1.165) is 5.56 Å². The van der Waals surface area contributed by atoms with Gasteiger partial charge in [-0.3, -0.25) is 9.59 Å². The Morgan fingerprint density at radius 2 is 2.07 bits per heavy atom. The molecule has 2 aromatic heterocycles. The van der Waals surface area contributed by atoms with Crippen molar-refractivity contribution < 1.29 is 18.8 Å². The highest BCUT2D eigenvalue weighted by molar-refractivity contribution is 6.07. The second-order valence-corrected chi connectivity index (χ2v) is 7.08. The maximum Gasteiger partial charge on any atom is 0.306 e. The van der Waals surface area contributed by atoms with E-state index in [1.54, 1.807) is 13.0 Å². The number of esters is 1. The van der Waals surface area contributed by atoms with Crippen LogP contribution >= 0.6 is 0 Å². The number of pyridine rings is 1. The van der Waals surface area contributed by atoms with Crippen LogP contribution in [-0.2, 0) is 9.53 Å². The van der Waals surface area contributed by atoms with Gasteiger partial charge in [0.05, 0.1) is 28.8 Å². The smallest absolute Gasteiger partial charge is 0.306 e. The number of aryl methyl sites for hydroxylation is 1. The third-order valence-electron chi connectivity index (χ3n) is 5.41. The lowest BCUT2D eigenvalue weighted by atomic mass is 9.76. The summed E-state index contributed by atoms with van der Waals surface area (Å²) in [6, 6.07) is 11.3. The molecule has 2 fully saturated rings. The van der Waals surface area contributed by atoms with Crippen LogP contribution in [0.3, 0.4) is 0 Å². The van der Waals surface area contributed by atoms with Crippen molar-refractivity contribution in [1.82, 2.24) is 15.5 Å². The molecule has 1 aliphatic carbocycles. The number of ether oxygens (including phenoxy) is 1. The number of aromatic nitrogens is 2. The number of fused-ring (bicyclic) bond motifs is 2. The first-order chi connectivity index (χ1) is 13.1. The molecule has 1 saturated carbocycles. The normalized spacial score (nSPS) is 23.6. The molecular weight excluding hydrogens is 346 g/mol. The van der Waals surface area contributed by atoms with Gasteiger partial charge in [0.15, 0.2) is 0 Å². The van der Waals surface area contributed by atoms with Crippen molar-refractivity contribution in [2.45, 2.75) is 31.9 Å². The van der Waals surface area contributed by atoms with Crippen molar-refractivity contribution in [3.8, 4) is 11.3 Å². The quantitative estimate of drug-likeness (QED) is 0.719. The van der Waals surface area contributed by atoms with E-state index in [2.05, 4.69) is 15.5 Å². The van der Waals surface area contributed by atoms with E-state index in [0.29, 0.717) is 40.9 Å². The molecule has 0 unspecified atom stereocenters. The molecule has 0 bridgehead atoms. The lowest BCUT2D eigenvalue weighted by Gasteiger charge is -2.38. The topological polar surface area (TPSA) is 94.3 Å². The van der Waals surface area contributed by atoms with E-state index in [9.17, 15) is 9.59 Å². The molecule has 7 heteroatoms. The third kappa shape index (κ3) is 2.58. The predicted octanol–water partition coefficient (Wildman–Crippen LogP) is 2.63. The molecule has 1 amide bonds. The van der Waals surface area contributed by atoms with E-state index >= 15 is 0 Å². The van der Waals surface area contributed by atoms with E-state index in [1.807, 2.05) is 30.3 Å². The van der Waals surface area contributed by atoms with Gasteiger partial charge in [-0.15, -0.1) is 0 Å². The third-order valence-corrected chi connectivity index (χ3v) is 5.41. The predicted molar refractivity (Wildman–Crippen MR) is 95.8 cm³/mol. The van der Waals surface area contributed by atoms with Crippen molar-refractivity contribution in [3.63, 3.8) is 0 Å². The summed E-state index contributed by atoms with van der Waals surface area (Å²) >= 11 is 0. The molecule has 3 heterocycles. The molecule has 3 aromatic rings. The van der Waals surface area contributed by atoms with Crippen molar-refractivity contribution >= 4 is 23.0 Å². The van der Waals surface area contributed by atoms with Crippen LogP contribution in [0.25, 0.3) is 22.4 Å². The molecule has 3 atom stereocenters. The number of nitrogens with one attached hydrogen (secondary N) is 1. The number of carbonyl (C=O) groups excluding carboxylic acids is 2. The number of benzene rings is 1. The molecule has 1 saturated heterocycles. The highest BCUT2D eigenvalue weighted by Gasteiger charge is 2.50. The maximum atomic E-state index is 13.0. The largest absolute Gasteiger partial charge is 0.462 e. The Morgan fingerprint density at radius 3 is 2.85 bits per heavy atom. The minimum atomic E-state index is -0.214. The second kappa shape index (κ2) is 5.90. The Balaban J connectivity index is 1.50. The summed E-state index contributed by atoms with van der Waals surface area (Å²) < 4.78 is 10.5. The number of nitrogens with zero attached hydrogens (tertiary/aromatic N) is 2. The number of hydrogen-bond donors (Lipinski definition) is 1. The minimum absolute atomic E-state index is 0.0579. The summed E-state index contributed by atoms with van der Waals surface area (Å²) in [5.41, 5.74) is 2.97. The van der Waals surface area contributed by atoms with E-state index in [1.165, 1.54) is 0 Å². The summed E-state index contributed by atoms with van der Waals surface area (Å²) in [7, 11) is 0. The van der Waals surface area contributed by atoms with Crippen molar-refractivity contribution in [2.24, 2.45) is 5.92 Å². The van der Waals surface area contributed by atoms with Gasteiger partial charge in [0, 0.05) is 23.9 Å². The summed E-state index contributed by atoms with van der Waals surface area (Å²) in [6.07, 6.45) is 0.963. The number of rotatable bonds is 3. The molecule has 1 aliphatic heterocycles. The second-order valence-electron chi connectivity index (χ2n) is 7.08. The number of carbonyl (C=O) groups is 2. The fraction of sp³-hybridized carbons (Fsp3) is 0.300. The van der Waals surface area contributed by atoms with Crippen LogP contribution in [0.1, 0.15) is 28.9 Å². The van der Waals surface area contributed by atoms with Gasteiger partial charge in [-0.1, -0.05) is 35.5 Å². The van der Waals surface area contributed by atoms with Gasteiger partial charge < -0.3 is 14.6 Å². The van der Waals surface area contributed by atoms with Gasteiger partial charge in [-0.2, -0.15) is 0 Å². The number of amides is 1. The Morgan fingerprint density at radius 1 is 1.26 bits per heavy atom. The minimum Gasteiger partial charge on any atom is -0.462 e. The Kier molecular flexibility index (Phi) is 3.50. The average molecular weight is 363 g/mol. The van der Waals surface area contributed by atoms with Crippen LogP contribution in [0.5, 0.6) is 0 Å². The molecule has 1 N–H and O–H groups in total. The highest BCUT2D eigenvalue weighted by Crippen LogP contribution is 2.39. The zero-order valence-electron chi connectivity index (χ0n) is 14.6. The Labute approximate surface area is 154 Å². The fourth-order valence-electron chi connectivity index (χ4n) is 3.92. The molecule has 5 rings (SSSR count). The first-order valence-corrected chi connectivity index (χ1v) is 8.93. The molecule has 2 aliphatic rings. The summed E-state index contributed by atoms with van der Waals surface area (Å²) in [5, 5.41) is 7.62. The van der Waals surface area contributed by atoms with Crippen molar-refractivity contribution in [3.05, 3.63) is 47.7 Å². The van der Waals surface area contributed by atoms with Gasteiger partial charge in [0.2, 0.25) is 0 Å². The van der Waals surface area contributed by atoms with Crippen LogP contribution in [-0.4, -0.2) is 34.2 Å². The van der Waals surface area contributed by atoms with Gasteiger partial charge in [-0.25, -0.2) is 4.98 Å². The highest BCUT2D eigenvalue weighted by atomic mass is 16.6. The molecule has 1 aromatic carbocycles. The van der Waals surface area contributed by atoms with Crippen LogP contribution in [0.4, 0.5) is 0 Å². The zero-order chi connectivity index (χ0) is 18.5. The summed E-state index contributed by atoms with van der Waals surface area (Å²) in [6.45, 7) is 1.79. The Bertz CT molecular complexity index is 1060. The van der Waals surface area contributed by atoms with Crippen molar-refractivity contribution in [2.75, 3.05) is 0 Å². The standard InChI is InChI=1S/C20H17N3O4/c1-10-18-13(19(25)21-15-9-16-12(15)8-17(24)26-16)7-14(22-20(18)27-23-10)11-5-3-2-4-6-11/h2-7,12,15-16H,8-9H2,1H3,(H,21,25)/t12-,15+,16+/m0/s1. The van der Waals surface area contributed by atoms with E-state index in [4.69, 9.17) is 9.26 Å². The lowest BCUT2D eigenvalue weighted by Crippen LogP contribution is -2.53. The first-order valence-electron chi connectivity index (χ1n) is 8.93. The Hall–Kier alpha value is -3.22. The van der Waals surface area contributed by atoms with Crippen LogP contribution in [0.2, 0.25) is 0 Å². The van der Waals surface area contributed by atoms with Crippen molar-refractivity contribution in [1.29, 1.82) is 0 Å². The molecule has 0 radical (unpaired) electrons. The SMILES string of the molecule is Cc1noc2nc(-c3ccccc3)cc(C(=O)N[C@@H]3C[C@H]4OC(=O)C[C@@H]34)c12. The van der Waals surface area contributed by atoms with Gasteiger partial charge in [0.25, 0.3) is 11.6 Å². The molecule has 0 spiro atoms. The molecular formula is C20H17N3O4. The van der Waals surface area contributed by atoms with Gasteiger partial charge in [-0.05, 0) is 13.0 Å². The molecule has 27 heavy (non-hydrogen) atoms. The first kappa shape index (κ1) is 16.0. The van der Waals surface area contributed by atoms with Crippen LogP contribution in [0, 0.1) is 12.8 Å². The average Bonchev–Trinajstić information content (AvgIpc) is 3.19. The monoisotopic (exact) mass is 363 g/mol. The van der Waals surface area contributed by atoms with Gasteiger partial charge in [0.1, 0.15) is 6.10 Å². The zero-order valence-corrected chi connectivity index (χ0v) is 14.6. The molecule has 136 valence electrons. The van der Waals surface area contributed by atoms with Gasteiger partial charge >= 0.3 is 5.97 Å². The summed E-state index contributed by atoms with van der Waals surface area (Å²) in [4.78, 5) is 29.0. The molecule has 7 nitrogen and oxygen atoms in total. The van der Waals surface area contributed by atoms with E-state index in [-0.39, 0.29) is 29.9 Å². The van der Waals surface area contributed by atoms with E-state index < -0.39 is 0 Å². The lowest BCUT2D eigenvalue weighted by molar-refractivity contribution is -0.143. The fourth-order valence-corrected chi connectivity index (χ4v) is 3.92. The van der Waals surface area contributed by atoms with Crippen LogP contribution < -0.4 is 5.32 Å². The summed E-state index contributed by atoms with van der Waals surface area (Å²) in [5.74, 6) is -0.334. The van der Waals surface area contributed by atoms with Crippen LogP contribution in [0.15, 0.2) is 40.9 Å².